The SMILES string of the molecule is C[C@@H](NC(=O)CSc1nnc2c(n1)[nH]c1ccccc12)c1ccc(F)cc1F. The molecule has 6 nitrogen and oxygen atoms in total. The summed E-state index contributed by atoms with van der Waals surface area (Å²) in [5, 5.41) is 12.2. The zero-order chi connectivity index (χ0) is 19.7. The molecule has 4 rings (SSSR count). The number of nitrogens with one attached hydrogen (secondary N) is 2. The van der Waals surface area contributed by atoms with Crippen molar-refractivity contribution < 1.29 is 13.6 Å². The van der Waals surface area contributed by atoms with Crippen molar-refractivity contribution in [3.05, 3.63) is 59.7 Å². The van der Waals surface area contributed by atoms with Crippen LogP contribution < -0.4 is 5.32 Å². The lowest BCUT2D eigenvalue weighted by Gasteiger charge is -2.14. The van der Waals surface area contributed by atoms with E-state index >= 15 is 0 Å². The summed E-state index contributed by atoms with van der Waals surface area (Å²) in [4.78, 5) is 19.7. The Kier molecular flexibility index (Phi) is 4.91. The number of aromatic amines is 1. The predicted octanol–water partition coefficient (Wildman–Crippen LogP) is 3.75. The first kappa shape index (κ1) is 18.3. The molecule has 0 fully saturated rings. The second kappa shape index (κ2) is 7.51. The molecule has 0 unspecified atom stereocenters. The van der Waals surface area contributed by atoms with Gasteiger partial charge in [-0.2, -0.15) is 0 Å². The fourth-order valence-electron chi connectivity index (χ4n) is 2.91. The van der Waals surface area contributed by atoms with Crippen LogP contribution in [0.1, 0.15) is 18.5 Å². The molecule has 142 valence electrons. The molecule has 0 bridgehead atoms. The maximum Gasteiger partial charge on any atom is 0.230 e. The maximum absolute atomic E-state index is 13.8. The summed E-state index contributed by atoms with van der Waals surface area (Å²) in [5.41, 5.74) is 2.40. The molecule has 0 radical (unpaired) electrons. The van der Waals surface area contributed by atoms with Gasteiger partial charge >= 0.3 is 0 Å². The Labute approximate surface area is 162 Å². The van der Waals surface area contributed by atoms with Crippen molar-refractivity contribution in [1.82, 2.24) is 25.5 Å². The number of para-hydroxylation sites is 1. The van der Waals surface area contributed by atoms with Crippen molar-refractivity contribution >= 4 is 39.7 Å². The van der Waals surface area contributed by atoms with Crippen LogP contribution in [0.25, 0.3) is 22.1 Å². The van der Waals surface area contributed by atoms with Gasteiger partial charge in [0, 0.05) is 22.5 Å². The van der Waals surface area contributed by atoms with Crippen LogP contribution in [-0.2, 0) is 4.79 Å². The molecule has 0 aliphatic carbocycles. The summed E-state index contributed by atoms with van der Waals surface area (Å²) >= 11 is 1.13. The summed E-state index contributed by atoms with van der Waals surface area (Å²) in [7, 11) is 0. The summed E-state index contributed by atoms with van der Waals surface area (Å²) in [6.07, 6.45) is 0. The van der Waals surface area contributed by atoms with Crippen LogP contribution in [0.2, 0.25) is 0 Å². The summed E-state index contributed by atoms with van der Waals surface area (Å²) in [6, 6.07) is 10.4. The Morgan fingerprint density at radius 3 is 2.86 bits per heavy atom. The lowest BCUT2D eigenvalue weighted by atomic mass is 10.1. The van der Waals surface area contributed by atoms with Crippen molar-refractivity contribution in [3.63, 3.8) is 0 Å². The zero-order valence-electron chi connectivity index (χ0n) is 14.7. The van der Waals surface area contributed by atoms with E-state index in [1.807, 2.05) is 24.3 Å². The number of H-pyrrole nitrogens is 1. The molecule has 2 N–H and O–H groups in total. The number of carbonyl (C=O) groups is 1. The molecular formula is C19H15F2N5OS. The third kappa shape index (κ3) is 3.65. The molecule has 4 aromatic rings. The number of nitrogens with zero attached hydrogens (tertiary/aromatic N) is 3. The van der Waals surface area contributed by atoms with Gasteiger partial charge < -0.3 is 10.3 Å². The van der Waals surface area contributed by atoms with E-state index in [2.05, 4.69) is 25.5 Å². The Hall–Kier alpha value is -3.07. The Balaban J connectivity index is 1.42. The minimum Gasteiger partial charge on any atom is -0.349 e. The smallest absolute Gasteiger partial charge is 0.230 e. The molecular weight excluding hydrogens is 384 g/mol. The topological polar surface area (TPSA) is 83.6 Å². The Bertz CT molecular complexity index is 1180. The summed E-state index contributed by atoms with van der Waals surface area (Å²) < 4.78 is 26.8. The van der Waals surface area contributed by atoms with Gasteiger partial charge in [0.25, 0.3) is 0 Å². The normalized spacial score (nSPS) is 12.4. The van der Waals surface area contributed by atoms with Crippen LogP contribution >= 0.6 is 11.8 Å². The molecule has 0 aliphatic rings. The lowest BCUT2D eigenvalue weighted by Crippen LogP contribution is -2.28. The maximum atomic E-state index is 13.8. The van der Waals surface area contributed by atoms with Gasteiger partial charge in [-0.05, 0) is 19.1 Å². The van der Waals surface area contributed by atoms with Crippen molar-refractivity contribution in [2.24, 2.45) is 0 Å². The zero-order valence-corrected chi connectivity index (χ0v) is 15.6. The number of amides is 1. The highest BCUT2D eigenvalue weighted by molar-refractivity contribution is 7.99. The number of thioether (sulfide) groups is 1. The van der Waals surface area contributed by atoms with E-state index in [1.54, 1.807) is 6.92 Å². The highest BCUT2D eigenvalue weighted by atomic mass is 32.2. The monoisotopic (exact) mass is 399 g/mol. The van der Waals surface area contributed by atoms with Crippen molar-refractivity contribution in [3.8, 4) is 0 Å². The fraction of sp³-hybridized carbons (Fsp3) is 0.158. The number of benzene rings is 2. The third-order valence-corrected chi connectivity index (χ3v) is 5.08. The Morgan fingerprint density at radius 1 is 1.21 bits per heavy atom. The number of hydrogen-bond donors (Lipinski definition) is 2. The molecule has 2 heterocycles. The molecule has 0 spiro atoms. The number of rotatable bonds is 5. The number of fused-ring (bicyclic) bond motifs is 3. The number of carbonyl (C=O) groups excluding carboxylic acids is 1. The number of halogens is 2. The number of hydrogen-bond acceptors (Lipinski definition) is 5. The minimum absolute atomic E-state index is 0.0422. The first-order valence-electron chi connectivity index (χ1n) is 8.49. The molecule has 9 heteroatoms. The summed E-state index contributed by atoms with van der Waals surface area (Å²) in [5.74, 6) is -1.63. The molecule has 28 heavy (non-hydrogen) atoms. The van der Waals surface area contributed by atoms with E-state index in [0.29, 0.717) is 16.3 Å². The highest BCUT2D eigenvalue weighted by Gasteiger charge is 2.15. The first-order chi connectivity index (χ1) is 13.5. The molecule has 0 saturated carbocycles. The van der Waals surface area contributed by atoms with E-state index < -0.39 is 17.7 Å². The minimum atomic E-state index is -0.697. The summed E-state index contributed by atoms with van der Waals surface area (Å²) in [6.45, 7) is 1.63. The standard InChI is InChI=1S/C19H15F2N5OS/c1-10(12-7-6-11(20)8-14(12)21)22-16(27)9-28-19-24-18-17(25-26-19)13-4-2-3-5-15(13)23-18/h2-8,10H,9H2,1H3,(H,22,27)(H,23,24,26)/t10-/m1/s1. The van der Waals surface area contributed by atoms with E-state index in [1.165, 1.54) is 6.07 Å². The van der Waals surface area contributed by atoms with Gasteiger partial charge in [-0.1, -0.05) is 36.0 Å². The van der Waals surface area contributed by atoms with Gasteiger partial charge in [0.15, 0.2) is 5.65 Å². The van der Waals surface area contributed by atoms with Crippen LogP contribution in [0.15, 0.2) is 47.6 Å². The van der Waals surface area contributed by atoms with Gasteiger partial charge in [-0.3, -0.25) is 4.79 Å². The van der Waals surface area contributed by atoms with Crippen LogP contribution in [0.5, 0.6) is 0 Å². The second-order valence-corrected chi connectivity index (χ2v) is 7.15. The molecule has 1 atom stereocenters. The van der Waals surface area contributed by atoms with Crippen molar-refractivity contribution in [2.45, 2.75) is 18.1 Å². The van der Waals surface area contributed by atoms with Crippen molar-refractivity contribution in [2.75, 3.05) is 5.75 Å². The van der Waals surface area contributed by atoms with Crippen LogP contribution in [0.3, 0.4) is 0 Å². The van der Waals surface area contributed by atoms with Crippen molar-refractivity contribution in [1.29, 1.82) is 0 Å². The van der Waals surface area contributed by atoms with Crippen LogP contribution in [0, 0.1) is 11.6 Å². The van der Waals surface area contributed by atoms with Gasteiger partial charge in [-0.25, -0.2) is 13.8 Å². The first-order valence-corrected chi connectivity index (χ1v) is 9.48. The average Bonchev–Trinajstić information content (AvgIpc) is 3.04. The quantitative estimate of drug-likeness (QED) is 0.500. The number of aromatic nitrogens is 4. The van der Waals surface area contributed by atoms with Crippen LogP contribution in [0.4, 0.5) is 8.78 Å². The lowest BCUT2D eigenvalue weighted by molar-refractivity contribution is -0.119. The predicted molar refractivity (Wildman–Crippen MR) is 103 cm³/mol. The third-order valence-electron chi connectivity index (χ3n) is 4.24. The van der Waals surface area contributed by atoms with E-state index in [0.717, 1.165) is 34.8 Å². The van der Waals surface area contributed by atoms with Gasteiger partial charge in [0.05, 0.1) is 11.8 Å². The molecule has 0 saturated heterocycles. The average molecular weight is 399 g/mol. The van der Waals surface area contributed by atoms with E-state index in [-0.39, 0.29) is 17.2 Å². The van der Waals surface area contributed by atoms with Gasteiger partial charge in [-0.15, -0.1) is 10.2 Å². The van der Waals surface area contributed by atoms with E-state index in [4.69, 9.17) is 0 Å². The molecule has 0 aliphatic heterocycles. The van der Waals surface area contributed by atoms with Gasteiger partial charge in [0.2, 0.25) is 11.1 Å². The molecule has 2 aromatic carbocycles. The molecule has 1 amide bonds. The Morgan fingerprint density at radius 2 is 2.04 bits per heavy atom. The second-order valence-electron chi connectivity index (χ2n) is 6.21. The van der Waals surface area contributed by atoms with E-state index in [9.17, 15) is 13.6 Å². The van der Waals surface area contributed by atoms with Crippen LogP contribution in [-0.4, -0.2) is 31.8 Å². The van der Waals surface area contributed by atoms with Gasteiger partial charge in [0.1, 0.15) is 17.2 Å². The molecule has 2 aromatic heterocycles. The fourth-order valence-corrected chi connectivity index (χ4v) is 3.51. The largest absolute Gasteiger partial charge is 0.349 e. The highest BCUT2D eigenvalue weighted by Crippen LogP contribution is 2.23.